The lowest BCUT2D eigenvalue weighted by atomic mass is 9.94. The highest BCUT2D eigenvalue weighted by Crippen LogP contribution is 2.30. The second kappa shape index (κ2) is 4.55. The summed E-state index contributed by atoms with van der Waals surface area (Å²) in [7, 11) is 1.76. The quantitative estimate of drug-likeness (QED) is 0.899. The molecule has 0 saturated carbocycles. The van der Waals surface area contributed by atoms with Crippen molar-refractivity contribution in [3.63, 3.8) is 0 Å². The zero-order valence-corrected chi connectivity index (χ0v) is 10.7. The van der Waals surface area contributed by atoms with E-state index in [2.05, 4.69) is 6.07 Å². The van der Waals surface area contributed by atoms with E-state index in [9.17, 15) is 4.79 Å². The molecule has 0 saturated heterocycles. The highest BCUT2D eigenvalue weighted by Gasteiger charge is 2.17. The molecule has 1 N–H and O–H groups in total. The zero-order chi connectivity index (χ0) is 13.4. The van der Waals surface area contributed by atoms with Crippen LogP contribution in [0.4, 0.5) is 0 Å². The van der Waals surface area contributed by atoms with Gasteiger partial charge in [-0.25, -0.2) is 4.79 Å². The smallest absolute Gasteiger partial charge is 0.352 e. The fourth-order valence-electron chi connectivity index (χ4n) is 2.62. The molecule has 0 fully saturated rings. The van der Waals surface area contributed by atoms with Gasteiger partial charge in [0.25, 0.3) is 0 Å². The Morgan fingerprint density at radius 3 is 3.00 bits per heavy atom. The van der Waals surface area contributed by atoms with Crippen LogP contribution < -0.4 is 0 Å². The van der Waals surface area contributed by atoms with Crippen LogP contribution in [0.15, 0.2) is 30.5 Å². The van der Waals surface area contributed by atoms with E-state index in [4.69, 9.17) is 9.84 Å². The number of nitrogens with zero attached hydrogens (tertiary/aromatic N) is 1. The lowest BCUT2D eigenvalue weighted by molar-refractivity contribution is 0.0686. The first-order valence-electron chi connectivity index (χ1n) is 6.25. The van der Waals surface area contributed by atoms with Gasteiger partial charge in [0.15, 0.2) is 0 Å². The predicted octanol–water partition coefficient (Wildman–Crippen LogP) is 2.46. The molecular formula is C15H15NO3. The Morgan fingerprint density at radius 2 is 2.26 bits per heavy atom. The van der Waals surface area contributed by atoms with Crippen molar-refractivity contribution in [1.82, 2.24) is 4.57 Å². The van der Waals surface area contributed by atoms with Crippen molar-refractivity contribution in [1.29, 1.82) is 0 Å². The van der Waals surface area contributed by atoms with Crippen molar-refractivity contribution < 1.29 is 14.6 Å². The third-order valence-corrected chi connectivity index (χ3v) is 3.56. The summed E-state index contributed by atoms with van der Waals surface area (Å²) in [5.41, 5.74) is 4.85. The van der Waals surface area contributed by atoms with E-state index in [1.807, 2.05) is 18.3 Å². The Bertz CT molecular complexity index is 643. The Labute approximate surface area is 111 Å². The van der Waals surface area contributed by atoms with Crippen LogP contribution in [0.1, 0.15) is 21.6 Å². The standard InChI is InChI=1S/C15H15NO3/c1-16-8-11(7-14(16)15(17)18)12-4-2-3-10-9-19-6-5-13(10)12/h2-4,7-8H,5-6,9H2,1H3,(H,17,18). The summed E-state index contributed by atoms with van der Waals surface area (Å²) in [5, 5.41) is 9.12. The van der Waals surface area contributed by atoms with Crippen molar-refractivity contribution in [3.05, 3.63) is 47.3 Å². The SMILES string of the molecule is Cn1cc(-c2cccc3c2CCOC3)cc1C(=O)O. The number of fused-ring (bicyclic) bond motifs is 1. The molecule has 98 valence electrons. The normalized spacial score (nSPS) is 14.2. The number of carbonyl (C=O) groups is 1. The second-order valence-corrected chi connectivity index (χ2v) is 4.78. The van der Waals surface area contributed by atoms with Crippen molar-refractivity contribution in [2.75, 3.05) is 6.61 Å². The topological polar surface area (TPSA) is 51.5 Å². The van der Waals surface area contributed by atoms with E-state index in [1.165, 1.54) is 11.1 Å². The molecule has 0 aliphatic carbocycles. The van der Waals surface area contributed by atoms with Gasteiger partial charge >= 0.3 is 5.97 Å². The second-order valence-electron chi connectivity index (χ2n) is 4.78. The molecule has 3 rings (SSSR count). The number of aromatic nitrogens is 1. The van der Waals surface area contributed by atoms with Gasteiger partial charge in [0.1, 0.15) is 5.69 Å². The lowest BCUT2D eigenvalue weighted by Crippen LogP contribution is -2.10. The Morgan fingerprint density at radius 1 is 1.42 bits per heavy atom. The molecule has 4 nitrogen and oxygen atoms in total. The number of benzene rings is 1. The van der Waals surface area contributed by atoms with E-state index in [1.54, 1.807) is 17.7 Å². The largest absolute Gasteiger partial charge is 0.477 e. The molecule has 2 heterocycles. The molecule has 0 atom stereocenters. The molecule has 0 amide bonds. The van der Waals surface area contributed by atoms with Gasteiger partial charge in [-0.2, -0.15) is 0 Å². The first-order chi connectivity index (χ1) is 9.16. The van der Waals surface area contributed by atoms with E-state index < -0.39 is 5.97 Å². The van der Waals surface area contributed by atoms with E-state index in [-0.39, 0.29) is 0 Å². The molecule has 0 unspecified atom stereocenters. The molecule has 19 heavy (non-hydrogen) atoms. The van der Waals surface area contributed by atoms with Gasteiger partial charge in [-0.1, -0.05) is 18.2 Å². The van der Waals surface area contributed by atoms with Crippen molar-refractivity contribution in [2.24, 2.45) is 7.05 Å². The molecule has 1 aliphatic heterocycles. The molecule has 0 radical (unpaired) electrons. The molecular weight excluding hydrogens is 242 g/mol. The number of carboxylic acid groups (broad SMARTS) is 1. The van der Waals surface area contributed by atoms with E-state index in [0.29, 0.717) is 12.3 Å². The van der Waals surface area contributed by atoms with E-state index in [0.717, 1.165) is 24.2 Å². The maximum atomic E-state index is 11.1. The number of rotatable bonds is 2. The minimum atomic E-state index is -0.901. The Kier molecular flexibility index (Phi) is 2.87. The number of carboxylic acids is 1. The third-order valence-electron chi connectivity index (χ3n) is 3.56. The third kappa shape index (κ3) is 2.04. The Hall–Kier alpha value is -2.07. The molecule has 1 aliphatic rings. The van der Waals surface area contributed by atoms with Gasteiger partial charge < -0.3 is 14.4 Å². The Balaban J connectivity index is 2.12. The van der Waals surface area contributed by atoms with Crippen molar-refractivity contribution in [3.8, 4) is 11.1 Å². The van der Waals surface area contributed by atoms with Gasteiger partial charge in [0, 0.05) is 18.8 Å². The number of aryl methyl sites for hydroxylation is 1. The first kappa shape index (κ1) is 12.0. The van der Waals surface area contributed by atoms with Crippen LogP contribution in [0, 0.1) is 0 Å². The molecule has 0 spiro atoms. The highest BCUT2D eigenvalue weighted by molar-refractivity contribution is 5.88. The highest BCUT2D eigenvalue weighted by atomic mass is 16.5. The van der Waals surface area contributed by atoms with Crippen LogP contribution in [0.2, 0.25) is 0 Å². The molecule has 1 aromatic heterocycles. The van der Waals surface area contributed by atoms with Gasteiger partial charge in [-0.3, -0.25) is 0 Å². The average Bonchev–Trinajstić information content (AvgIpc) is 2.80. The van der Waals surface area contributed by atoms with Crippen LogP contribution >= 0.6 is 0 Å². The van der Waals surface area contributed by atoms with Gasteiger partial charge in [0.2, 0.25) is 0 Å². The fourth-order valence-corrected chi connectivity index (χ4v) is 2.62. The maximum absolute atomic E-state index is 11.1. The molecule has 2 aromatic rings. The van der Waals surface area contributed by atoms with Crippen LogP contribution in [0.3, 0.4) is 0 Å². The average molecular weight is 257 g/mol. The van der Waals surface area contributed by atoms with Crippen molar-refractivity contribution in [2.45, 2.75) is 13.0 Å². The summed E-state index contributed by atoms with van der Waals surface area (Å²) < 4.78 is 7.10. The van der Waals surface area contributed by atoms with Crippen LogP contribution in [0.25, 0.3) is 11.1 Å². The van der Waals surface area contributed by atoms with Gasteiger partial charge in [-0.15, -0.1) is 0 Å². The van der Waals surface area contributed by atoms with E-state index >= 15 is 0 Å². The van der Waals surface area contributed by atoms with Crippen LogP contribution in [-0.4, -0.2) is 22.2 Å². The summed E-state index contributed by atoms with van der Waals surface area (Å²) in [5.74, 6) is -0.901. The molecule has 4 heteroatoms. The summed E-state index contributed by atoms with van der Waals surface area (Å²) in [6.07, 6.45) is 2.75. The minimum absolute atomic E-state index is 0.305. The van der Waals surface area contributed by atoms with Crippen LogP contribution in [0.5, 0.6) is 0 Å². The summed E-state index contributed by atoms with van der Waals surface area (Å²) in [6.45, 7) is 1.37. The van der Waals surface area contributed by atoms with Crippen molar-refractivity contribution >= 4 is 5.97 Å². The number of aromatic carboxylic acids is 1. The number of hydrogen-bond acceptors (Lipinski definition) is 2. The summed E-state index contributed by atoms with van der Waals surface area (Å²) in [4.78, 5) is 11.1. The maximum Gasteiger partial charge on any atom is 0.352 e. The van der Waals surface area contributed by atoms with Crippen LogP contribution in [-0.2, 0) is 24.8 Å². The number of hydrogen-bond donors (Lipinski definition) is 1. The summed E-state index contributed by atoms with van der Waals surface area (Å²) >= 11 is 0. The first-order valence-corrected chi connectivity index (χ1v) is 6.25. The minimum Gasteiger partial charge on any atom is -0.477 e. The fraction of sp³-hybridized carbons (Fsp3) is 0.267. The predicted molar refractivity (Wildman–Crippen MR) is 71.2 cm³/mol. The lowest BCUT2D eigenvalue weighted by Gasteiger charge is -2.19. The monoisotopic (exact) mass is 257 g/mol. The zero-order valence-electron chi connectivity index (χ0n) is 10.7. The number of ether oxygens (including phenoxy) is 1. The molecule has 0 bridgehead atoms. The summed E-state index contributed by atoms with van der Waals surface area (Å²) in [6, 6.07) is 7.84. The molecule has 1 aromatic carbocycles. The van der Waals surface area contributed by atoms with Gasteiger partial charge in [-0.05, 0) is 29.2 Å². The van der Waals surface area contributed by atoms with Gasteiger partial charge in [0.05, 0.1) is 13.2 Å².